The van der Waals surface area contributed by atoms with Crippen LogP contribution < -0.4 is 5.63 Å². The van der Waals surface area contributed by atoms with Crippen LogP contribution in [-0.4, -0.2) is 36.0 Å². The standard InChI is InChI=1S/C23H24ClFN2O2/c1-2-16-6-7-22-18(12-16)17(13-23(28)29-22)14-26-8-10-27(11-9-26)15-19-20(24)4-3-5-21(19)25/h3-7,12-13H,2,8-11,14-15H2,1H3. The van der Waals surface area contributed by atoms with E-state index in [1.165, 1.54) is 11.6 Å². The molecule has 6 heteroatoms. The van der Waals surface area contributed by atoms with E-state index in [2.05, 4.69) is 22.8 Å². The van der Waals surface area contributed by atoms with Crippen LogP contribution in [0.2, 0.25) is 5.02 Å². The molecule has 1 saturated heterocycles. The number of rotatable bonds is 5. The van der Waals surface area contributed by atoms with Gasteiger partial charge in [0.15, 0.2) is 0 Å². The molecule has 1 fully saturated rings. The Morgan fingerprint density at radius 2 is 1.76 bits per heavy atom. The third-order valence-corrected chi connectivity index (χ3v) is 5.96. The molecule has 0 atom stereocenters. The van der Waals surface area contributed by atoms with Crippen LogP contribution in [0.4, 0.5) is 4.39 Å². The van der Waals surface area contributed by atoms with Crippen molar-refractivity contribution in [1.29, 1.82) is 0 Å². The Morgan fingerprint density at radius 3 is 2.45 bits per heavy atom. The summed E-state index contributed by atoms with van der Waals surface area (Å²) >= 11 is 6.16. The predicted molar refractivity (Wildman–Crippen MR) is 114 cm³/mol. The van der Waals surface area contributed by atoms with Gasteiger partial charge in [-0.25, -0.2) is 9.18 Å². The quantitative estimate of drug-likeness (QED) is 0.577. The van der Waals surface area contributed by atoms with Crippen LogP contribution in [0.5, 0.6) is 0 Å². The van der Waals surface area contributed by atoms with Crippen molar-refractivity contribution in [2.24, 2.45) is 0 Å². The third-order valence-electron chi connectivity index (χ3n) is 5.60. The zero-order valence-corrected chi connectivity index (χ0v) is 17.2. The summed E-state index contributed by atoms with van der Waals surface area (Å²) in [4.78, 5) is 16.5. The van der Waals surface area contributed by atoms with E-state index in [4.69, 9.17) is 16.0 Å². The fraction of sp³-hybridized carbons (Fsp3) is 0.348. The molecule has 1 aliphatic heterocycles. The Kier molecular flexibility index (Phi) is 5.99. The van der Waals surface area contributed by atoms with Crippen molar-refractivity contribution in [2.75, 3.05) is 26.2 Å². The smallest absolute Gasteiger partial charge is 0.336 e. The fourth-order valence-electron chi connectivity index (χ4n) is 3.88. The SMILES string of the molecule is CCc1ccc2oc(=O)cc(CN3CCN(Cc4c(F)cccc4Cl)CC3)c2c1. The van der Waals surface area contributed by atoms with Gasteiger partial charge in [0, 0.05) is 61.3 Å². The van der Waals surface area contributed by atoms with Crippen molar-refractivity contribution in [1.82, 2.24) is 9.80 Å². The molecular weight excluding hydrogens is 391 g/mol. The molecule has 4 nitrogen and oxygen atoms in total. The highest BCUT2D eigenvalue weighted by Crippen LogP contribution is 2.23. The molecule has 0 amide bonds. The molecule has 2 heterocycles. The normalized spacial score (nSPS) is 15.8. The molecule has 0 N–H and O–H groups in total. The minimum atomic E-state index is -0.315. The molecule has 1 aromatic heterocycles. The topological polar surface area (TPSA) is 36.7 Å². The summed E-state index contributed by atoms with van der Waals surface area (Å²) < 4.78 is 19.4. The van der Waals surface area contributed by atoms with Gasteiger partial charge in [0.05, 0.1) is 0 Å². The van der Waals surface area contributed by atoms with E-state index in [1.54, 1.807) is 18.2 Å². The van der Waals surface area contributed by atoms with E-state index in [9.17, 15) is 9.18 Å². The Bertz CT molecular complexity index is 1050. The lowest BCUT2D eigenvalue weighted by Gasteiger charge is -2.35. The van der Waals surface area contributed by atoms with Crippen LogP contribution >= 0.6 is 11.6 Å². The van der Waals surface area contributed by atoms with E-state index >= 15 is 0 Å². The fourth-order valence-corrected chi connectivity index (χ4v) is 4.10. The highest BCUT2D eigenvalue weighted by atomic mass is 35.5. The lowest BCUT2D eigenvalue weighted by atomic mass is 10.0. The Balaban J connectivity index is 1.45. The van der Waals surface area contributed by atoms with E-state index < -0.39 is 0 Å². The van der Waals surface area contributed by atoms with Crippen LogP contribution in [0.15, 0.2) is 51.7 Å². The summed E-state index contributed by atoms with van der Waals surface area (Å²) in [6.45, 7) is 6.67. The molecule has 152 valence electrons. The summed E-state index contributed by atoms with van der Waals surface area (Å²) in [7, 11) is 0. The summed E-state index contributed by atoms with van der Waals surface area (Å²) in [6, 6.07) is 12.4. The number of hydrogen-bond donors (Lipinski definition) is 0. The maximum atomic E-state index is 14.1. The second-order valence-corrected chi connectivity index (χ2v) is 7.93. The van der Waals surface area contributed by atoms with Gasteiger partial charge in [-0.15, -0.1) is 0 Å². The molecule has 0 aliphatic carbocycles. The largest absolute Gasteiger partial charge is 0.423 e. The number of halogens is 2. The van der Waals surface area contributed by atoms with E-state index in [1.807, 2.05) is 12.1 Å². The van der Waals surface area contributed by atoms with Crippen LogP contribution in [0.25, 0.3) is 11.0 Å². The first kappa shape index (κ1) is 20.1. The predicted octanol–water partition coefficient (Wildman–Crippen LogP) is 4.47. The van der Waals surface area contributed by atoms with E-state index in [-0.39, 0.29) is 11.4 Å². The number of fused-ring (bicyclic) bond motifs is 1. The van der Waals surface area contributed by atoms with Crippen LogP contribution in [0.1, 0.15) is 23.6 Å². The van der Waals surface area contributed by atoms with Crippen molar-refractivity contribution in [3.05, 3.63) is 80.4 Å². The zero-order chi connectivity index (χ0) is 20.4. The Labute approximate surface area is 174 Å². The van der Waals surface area contributed by atoms with Gasteiger partial charge in [-0.05, 0) is 41.8 Å². The maximum absolute atomic E-state index is 14.1. The lowest BCUT2D eigenvalue weighted by molar-refractivity contribution is 0.121. The van der Waals surface area contributed by atoms with Crippen LogP contribution in [-0.2, 0) is 19.5 Å². The van der Waals surface area contributed by atoms with Gasteiger partial charge >= 0.3 is 5.63 Å². The molecule has 29 heavy (non-hydrogen) atoms. The number of nitrogens with zero attached hydrogens (tertiary/aromatic N) is 2. The summed E-state index contributed by atoms with van der Waals surface area (Å²) in [6.07, 6.45) is 0.936. The van der Waals surface area contributed by atoms with Gasteiger partial charge < -0.3 is 4.42 Å². The molecule has 0 unspecified atom stereocenters. The Hall–Kier alpha value is -2.21. The molecule has 3 aromatic rings. The first-order chi connectivity index (χ1) is 14.0. The second-order valence-electron chi connectivity index (χ2n) is 7.53. The summed E-state index contributed by atoms with van der Waals surface area (Å²) in [5.74, 6) is -0.255. The molecule has 4 rings (SSSR count). The minimum absolute atomic E-state index is 0.255. The van der Waals surface area contributed by atoms with Gasteiger partial charge in [-0.2, -0.15) is 0 Å². The highest BCUT2D eigenvalue weighted by molar-refractivity contribution is 6.31. The molecule has 0 saturated carbocycles. The lowest BCUT2D eigenvalue weighted by Crippen LogP contribution is -2.45. The minimum Gasteiger partial charge on any atom is -0.423 e. The van der Waals surface area contributed by atoms with Gasteiger partial charge in [0.1, 0.15) is 11.4 Å². The van der Waals surface area contributed by atoms with Crippen molar-refractivity contribution < 1.29 is 8.81 Å². The molecule has 0 spiro atoms. The number of piperazine rings is 1. The summed E-state index contributed by atoms with van der Waals surface area (Å²) in [5, 5.41) is 1.48. The van der Waals surface area contributed by atoms with Gasteiger partial charge in [0.25, 0.3) is 0 Å². The second kappa shape index (κ2) is 8.66. The number of benzene rings is 2. The van der Waals surface area contributed by atoms with Crippen LogP contribution in [0, 0.1) is 5.82 Å². The molecule has 0 bridgehead atoms. The third kappa shape index (κ3) is 4.53. The van der Waals surface area contributed by atoms with Crippen molar-refractivity contribution >= 4 is 22.6 Å². The van der Waals surface area contributed by atoms with E-state index in [0.717, 1.165) is 43.5 Å². The zero-order valence-electron chi connectivity index (χ0n) is 16.5. The first-order valence-electron chi connectivity index (χ1n) is 9.96. The van der Waals surface area contributed by atoms with Gasteiger partial charge in [-0.1, -0.05) is 30.7 Å². The van der Waals surface area contributed by atoms with Gasteiger partial charge in [0.2, 0.25) is 0 Å². The van der Waals surface area contributed by atoms with Gasteiger partial charge in [-0.3, -0.25) is 9.80 Å². The van der Waals surface area contributed by atoms with Crippen molar-refractivity contribution in [3.8, 4) is 0 Å². The molecule has 0 radical (unpaired) electrons. The molecule has 1 aliphatic rings. The summed E-state index contributed by atoms with van der Waals surface area (Å²) in [5.41, 5.74) is 3.10. The maximum Gasteiger partial charge on any atom is 0.336 e. The van der Waals surface area contributed by atoms with Crippen LogP contribution in [0.3, 0.4) is 0 Å². The molecular formula is C23H24ClFN2O2. The average molecular weight is 415 g/mol. The number of hydrogen-bond acceptors (Lipinski definition) is 4. The number of aryl methyl sites for hydroxylation is 1. The average Bonchev–Trinajstić information content (AvgIpc) is 2.72. The highest BCUT2D eigenvalue weighted by Gasteiger charge is 2.20. The Morgan fingerprint density at radius 1 is 1.03 bits per heavy atom. The monoisotopic (exact) mass is 414 g/mol. The van der Waals surface area contributed by atoms with Crippen molar-refractivity contribution in [3.63, 3.8) is 0 Å². The first-order valence-corrected chi connectivity index (χ1v) is 10.3. The molecule has 2 aromatic carbocycles. The van der Waals surface area contributed by atoms with Crippen molar-refractivity contribution in [2.45, 2.75) is 26.4 Å². The van der Waals surface area contributed by atoms with E-state index in [0.29, 0.717) is 29.3 Å².